The Hall–Kier alpha value is -2.06. The van der Waals surface area contributed by atoms with E-state index in [1.54, 1.807) is 12.4 Å². The SMILES string of the molecule is Cc1ncc(N2CC3(CCC(c4ccccc4)(N(C)C)CC3)N(CC3(O)CCC3)C2O)cn1. The van der Waals surface area contributed by atoms with Gasteiger partial charge < -0.3 is 15.1 Å². The molecule has 1 atom stereocenters. The van der Waals surface area contributed by atoms with E-state index in [0.717, 1.165) is 63.0 Å². The summed E-state index contributed by atoms with van der Waals surface area (Å²) in [5.41, 5.74) is 1.30. The molecular weight excluding hydrogens is 414 g/mol. The number of aliphatic hydroxyl groups excluding tert-OH is 1. The Bertz CT molecular complexity index is 952. The zero-order valence-corrected chi connectivity index (χ0v) is 20.1. The maximum absolute atomic E-state index is 11.5. The van der Waals surface area contributed by atoms with Crippen LogP contribution in [0.5, 0.6) is 0 Å². The van der Waals surface area contributed by atoms with Crippen LogP contribution in [-0.2, 0) is 5.54 Å². The number of aromatic nitrogens is 2. The number of aryl methyl sites for hydroxylation is 1. The molecule has 2 heterocycles. The first-order valence-electron chi connectivity index (χ1n) is 12.2. The largest absolute Gasteiger partial charge is 0.389 e. The summed E-state index contributed by atoms with van der Waals surface area (Å²) in [7, 11) is 4.36. The van der Waals surface area contributed by atoms with Gasteiger partial charge in [-0.1, -0.05) is 30.3 Å². The molecular formula is C26H37N5O2. The number of anilines is 1. The monoisotopic (exact) mass is 451 g/mol. The summed E-state index contributed by atoms with van der Waals surface area (Å²) in [6.45, 7) is 3.10. The van der Waals surface area contributed by atoms with Crippen molar-refractivity contribution in [2.45, 2.75) is 74.9 Å². The number of aliphatic hydroxyl groups is 2. The number of rotatable bonds is 5. The second kappa shape index (κ2) is 8.31. The van der Waals surface area contributed by atoms with Gasteiger partial charge in [-0.3, -0.25) is 9.80 Å². The van der Waals surface area contributed by atoms with Crippen molar-refractivity contribution in [2.24, 2.45) is 0 Å². The quantitative estimate of drug-likeness (QED) is 0.724. The van der Waals surface area contributed by atoms with Gasteiger partial charge in [0.25, 0.3) is 0 Å². The molecule has 1 aliphatic heterocycles. The topological polar surface area (TPSA) is 76.0 Å². The molecule has 3 fully saturated rings. The lowest BCUT2D eigenvalue weighted by Crippen LogP contribution is -2.60. The van der Waals surface area contributed by atoms with Crippen LogP contribution in [0.4, 0.5) is 5.69 Å². The Labute approximate surface area is 197 Å². The van der Waals surface area contributed by atoms with E-state index in [9.17, 15) is 10.2 Å². The van der Waals surface area contributed by atoms with E-state index in [0.29, 0.717) is 6.54 Å². The third-order valence-electron chi connectivity index (χ3n) is 8.65. The highest BCUT2D eigenvalue weighted by molar-refractivity contribution is 5.45. The van der Waals surface area contributed by atoms with Crippen molar-refractivity contribution >= 4 is 5.69 Å². The highest BCUT2D eigenvalue weighted by atomic mass is 16.3. The summed E-state index contributed by atoms with van der Waals surface area (Å²) >= 11 is 0. The van der Waals surface area contributed by atoms with Crippen LogP contribution in [0.3, 0.4) is 0 Å². The van der Waals surface area contributed by atoms with Crippen LogP contribution in [0, 0.1) is 6.92 Å². The molecule has 1 aromatic heterocycles. The van der Waals surface area contributed by atoms with Gasteiger partial charge in [-0.15, -0.1) is 0 Å². The molecule has 0 amide bonds. The summed E-state index contributed by atoms with van der Waals surface area (Å²) < 4.78 is 0. The van der Waals surface area contributed by atoms with E-state index < -0.39 is 12.0 Å². The maximum atomic E-state index is 11.5. The van der Waals surface area contributed by atoms with Crippen LogP contribution >= 0.6 is 0 Å². The van der Waals surface area contributed by atoms with Crippen molar-refractivity contribution in [1.29, 1.82) is 0 Å². The molecule has 2 aliphatic carbocycles. The number of β-amino-alcohol motifs (C(OH)–C–C–N with tert-alkyl or cyclic N) is 1. The molecule has 2 saturated carbocycles. The van der Waals surface area contributed by atoms with Crippen molar-refractivity contribution in [1.82, 2.24) is 19.8 Å². The second-order valence-electron chi connectivity index (χ2n) is 10.7. The molecule has 0 radical (unpaired) electrons. The summed E-state index contributed by atoms with van der Waals surface area (Å²) in [6.07, 6.45) is 9.41. The van der Waals surface area contributed by atoms with E-state index in [-0.39, 0.29) is 11.1 Å². The smallest absolute Gasteiger partial charge is 0.187 e. The molecule has 178 valence electrons. The zero-order chi connectivity index (χ0) is 23.3. The van der Waals surface area contributed by atoms with E-state index in [4.69, 9.17) is 0 Å². The molecule has 1 unspecified atom stereocenters. The highest BCUT2D eigenvalue weighted by Crippen LogP contribution is 2.51. The molecule has 1 spiro atoms. The van der Waals surface area contributed by atoms with Gasteiger partial charge in [-0.05, 0) is 71.5 Å². The molecule has 2 aromatic rings. The molecule has 3 aliphatic rings. The van der Waals surface area contributed by atoms with Crippen molar-refractivity contribution in [3.8, 4) is 0 Å². The standard InChI is InChI=1S/C26H37N5O2/c1-20-27-16-22(17-28-20)30-18-24(31(23(30)32)19-25(33)10-7-11-25)12-14-26(15-13-24,29(2)3)21-8-5-4-6-9-21/h4-6,8-9,16-17,23,32-33H,7,10-15,18-19H2,1-3H3. The highest BCUT2D eigenvalue weighted by Gasteiger charge is 2.56. The molecule has 1 aromatic carbocycles. The predicted molar refractivity (Wildman–Crippen MR) is 129 cm³/mol. The zero-order valence-electron chi connectivity index (χ0n) is 20.1. The van der Waals surface area contributed by atoms with Gasteiger partial charge in [-0.25, -0.2) is 9.97 Å². The van der Waals surface area contributed by atoms with Gasteiger partial charge in [0.2, 0.25) is 0 Å². The first-order valence-corrected chi connectivity index (χ1v) is 12.2. The van der Waals surface area contributed by atoms with Gasteiger partial charge >= 0.3 is 0 Å². The fourth-order valence-corrected chi connectivity index (χ4v) is 6.29. The Morgan fingerprint density at radius 2 is 1.64 bits per heavy atom. The van der Waals surface area contributed by atoms with Crippen molar-refractivity contribution in [3.63, 3.8) is 0 Å². The number of benzene rings is 1. The number of hydrogen-bond donors (Lipinski definition) is 2. The minimum absolute atomic E-state index is 0.0170. The van der Waals surface area contributed by atoms with E-state index >= 15 is 0 Å². The minimum Gasteiger partial charge on any atom is -0.389 e. The van der Waals surface area contributed by atoms with Gasteiger partial charge in [0.05, 0.1) is 23.7 Å². The normalized spacial score (nSPS) is 31.8. The lowest BCUT2D eigenvalue weighted by molar-refractivity contribution is -0.124. The van der Waals surface area contributed by atoms with Crippen LogP contribution in [0.25, 0.3) is 0 Å². The minimum atomic E-state index is -0.787. The average molecular weight is 452 g/mol. The molecule has 5 rings (SSSR count). The molecule has 7 heteroatoms. The van der Waals surface area contributed by atoms with Crippen LogP contribution in [-0.4, -0.2) is 74.7 Å². The van der Waals surface area contributed by atoms with Gasteiger partial charge in [0, 0.05) is 24.2 Å². The number of nitrogens with zero attached hydrogens (tertiary/aromatic N) is 5. The van der Waals surface area contributed by atoms with E-state index in [1.165, 1.54) is 5.56 Å². The molecule has 33 heavy (non-hydrogen) atoms. The van der Waals surface area contributed by atoms with Crippen LogP contribution in [0.1, 0.15) is 56.3 Å². The summed E-state index contributed by atoms with van der Waals surface area (Å²) in [6, 6.07) is 10.8. The molecule has 0 bridgehead atoms. The summed E-state index contributed by atoms with van der Waals surface area (Å²) in [4.78, 5) is 15.3. The maximum Gasteiger partial charge on any atom is 0.187 e. The van der Waals surface area contributed by atoms with E-state index in [1.807, 2.05) is 11.8 Å². The Morgan fingerprint density at radius 3 is 2.18 bits per heavy atom. The van der Waals surface area contributed by atoms with Gasteiger partial charge in [0.15, 0.2) is 6.35 Å². The fraction of sp³-hybridized carbons (Fsp3) is 0.615. The Balaban J connectivity index is 1.46. The van der Waals surface area contributed by atoms with Crippen LogP contribution < -0.4 is 4.90 Å². The molecule has 2 N–H and O–H groups in total. The van der Waals surface area contributed by atoms with Crippen molar-refractivity contribution in [2.75, 3.05) is 32.1 Å². The third-order valence-corrected chi connectivity index (χ3v) is 8.65. The van der Waals surface area contributed by atoms with E-state index in [2.05, 4.69) is 64.2 Å². The first-order chi connectivity index (χ1) is 15.8. The summed E-state index contributed by atoms with van der Waals surface area (Å²) in [5, 5.41) is 22.6. The molecule has 7 nitrogen and oxygen atoms in total. The second-order valence-corrected chi connectivity index (χ2v) is 10.7. The third kappa shape index (κ3) is 3.85. The fourth-order valence-electron chi connectivity index (χ4n) is 6.29. The summed E-state index contributed by atoms with van der Waals surface area (Å²) in [5.74, 6) is 0.721. The van der Waals surface area contributed by atoms with Crippen molar-refractivity contribution in [3.05, 3.63) is 54.1 Å². The van der Waals surface area contributed by atoms with Crippen molar-refractivity contribution < 1.29 is 10.2 Å². The van der Waals surface area contributed by atoms with Gasteiger partial charge in [-0.2, -0.15) is 0 Å². The van der Waals surface area contributed by atoms with Crippen LogP contribution in [0.15, 0.2) is 42.7 Å². The van der Waals surface area contributed by atoms with Crippen LogP contribution in [0.2, 0.25) is 0 Å². The lowest BCUT2D eigenvalue weighted by Gasteiger charge is -2.53. The number of hydrogen-bond acceptors (Lipinski definition) is 7. The molecule has 1 saturated heterocycles. The Kier molecular flexibility index (Phi) is 5.72. The first kappa shape index (κ1) is 22.7. The Morgan fingerprint density at radius 1 is 1.00 bits per heavy atom. The van der Waals surface area contributed by atoms with Gasteiger partial charge in [0.1, 0.15) is 5.82 Å². The predicted octanol–water partition coefficient (Wildman–Crippen LogP) is 2.87. The lowest BCUT2D eigenvalue weighted by atomic mass is 9.67. The average Bonchev–Trinajstić information content (AvgIpc) is 3.06.